The number of pyridine rings is 1. The minimum Gasteiger partial charge on any atom is -0.493 e. The summed E-state index contributed by atoms with van der Waals surface area (Å²) >= 11 is 0. The molecule has 7 heteroatoms. The van der Waals surface area contributed by atoms with Crippen molar-refractivity contribution in [2.45, 2.75) is 6.54 Å². The number of carbonyl (C=O) groups is 1. The van der Waals surface area contributed by atoms with Crippen molar-refractivity contribution in [3.05, 3.63) is 51.9 Å². The molecule has 1 heterocycles. The van der Waals surface area contributed by atoms with Crippen molar-refractivity contribution >= 4 is 5.91 Å². The predicted molar refractivity (Wildman–Crippen MR) is 84.3 cm³/mol. The fraction of sp³-hybridized carbons (Fsp3) is 0.250. The Morgan fingerprint density at radius 1 is 1.09 bits per heavy atom. The number of aromatic nitrogens is 1. The van der Waals surface area contributed by atoms with Crippen molar-refractivity contribution in [3.8, 4) is 17.2 Å². The molecule has 0 aliphatic heterocycles. The Morgan fingerprint density at radius 3 is 2.26 bits per heavy atom. The highest BCUT2D eigenvalue weighted by Crippen LogP contribution is 2.38. The molecule has 0 bridgehead atoms. The highest BCUT2D eigenvalue weighted by atomic mass is 16.5. The number of rotatable bonds is 6. The molecule has 7 nitrogen and oxygen atoms in total. The van der Waals surface area contributed by atoms with Gasteiger partial charge in [0.1, 0.15) is 0 Å². The highest BCUT2D eigenvalue weighted by Gasteiger charge is 2.16. The first-order valence-electron chi connectivity index (χ1n) is 6.85. The van der Waals surface area contributed by atoms with Crippen molar-refractivity contribution in [2.75, 3.05) is 21.3 Å². The van der Waals surface area contributed by atoms with E-state index in [9.17, 15) is 9.59 Å². The SMILES string of the molecule is COc1cc(C(=O)NCc2cc[nH]c(=O)c2)cc(OC)c1OC. The molecule has 0 atom stereocenters. The third-order valence-electron chi connectivity index (χ3n) is 3.22. The topological polar surface area (TPSA) is 89.7 Å². The van der Waals surface area contributed by atoms with E-state index in [1.807, 2.05) is 0 Å². The van der Waals surface area contributed by atoms with Gasteiger partial charge in [-0.25, -0.2) is 0 Å². The van der Waals surface area contributed by atoms with Crippen LogP contribution in [0.4, 0.5) is 0 Å². The summed E-state index contributed by atoms with van der Waals surface area (Å²) < 4.78 is 15.7. The fourth-order valence-electron chi connectivity index (χ4n) is 2.10. The Bertz CT molecular complexity index is 729. The zero-order chi connectivity index (χ0) is 16.8. The summed E-state index contributed by atoms with van der Waals surface area (Å²) in [5.74, 6) is 0.895. The van der Waals surface area contributed by atoms with Crippen LogP contribution >= 0.6 is 0 Å². The number of ether oxygens (including phenoxy) is 3. The molecule has 0 aliphatic carbocycles. The first-order chi connectivity index (χ1) is 11.1. The largest absolute Gasteiger partial charge is 0.493 e. The summed E-state index contributed by atoms with van der Waals surface area (Å²) in [5.41, 5.74) is 0.850. The third-order valence-corrected chi connectivity index (χ3v) is 3.22. The van der Waals surface area contributed by atoms with Crippen LogP contribution in [-0.4, -0.2) is 32.2 Å². The van der Waals surface area contributed by atoms with Crippen LogP contribution in [0.5, 0.6) is 17.2 Å². The zero-order valence-corrected chi connectivity index (χ0v) is 13.1. The van der Waals surface area contributed by atoms with Crippen LogP contribution in [0.2, 0.25) is 0 Å². The number of benzene rings is 1. The fourth-order valence-corrected chi connectivity index (χ4v) is 2.10. The van der Waals surface area contributed by atoms with Gasteiger partial charge in [-0.3, -0.25) is 9.59 Å². The lowest BCUT2D eigenvalue weighted by Crippen LogP contribution is -2.23. The zero-order valence-electron chi connectivity index (χ0n) is 13.1. The van der Waals surface area contributed by atoms with Crippen LogP contribution < -0.4 is 25.1 Å². The van der Waals surface area contributed by atoms with Crippen LogP contribution in [0.25, 0.3) is 0 Å². The van der Waals surface area contributed by atoms with Gasteiger partial charge in [0.25, 0.3) is 5.91 Å². The van der Waals surface area contributed by atoms with Crippen molar-refractivity contribution in [1.29, 1.82) is 0 Å². The molecule has 1 amide bonds. The normalized spacial score (nSPS) is 10.0. The molecule has 2 aromatic rings. The van der Waals surface area contributed by atoms with Crippen molar-refractivity contribution in [1.82, 2.24) is 10.3 Å². The van der Waals surface area contributed by atoms with E-state index in [0.717, 1.165) is 0 Å². The molecule has 2 rings (SSSR count). The van der Waals surface area contributed by atoms with Crippen molar-refractivity contribution in [2.24, 2.45) is 0 Å². The van der Waals surface area contributed by atoms with Gasteiger partial charge >= 0.3 is 0 Å². The summed E-state index contributed by atoms with van der Waals surface area (Å²) in [6.45, 7) is 0.236. The van der Waals surface area contributed by atoms with Gasteiger partial charge < -0.3 is 24.5 Å². The number of hydrogen-bond acceptors (Lipinski definition) is 5. The minimum absolute atomic E-state index is 0.218. The Hall–Kier alpha value is -2.96. The number of amides is 1. The quantitative estimate of drug-likeness (QED) is 0.839. The average Bonchev–Trinajstić information content (AvgIpc) is 2.58. The molecule has 0 fully saturated rings. The summed E-state index contributed by atoms with van der Waals surface area (Å²) in [5, 5.41) is 2.74. The molecule has 0 saturated carbocycles. The number of aromatic amines is 1. The van der Waals surface area contributed by atoms with Crippen LogP contribution in [-0.2, 0) is 6.54 Å². The molecular weight excluding hydrogens is 300 g/mol. The second-order valence-corrected chi connectivity index (χ2v) is 4.66. The molecule has 0 aliphatic rings. The Morgan fingerprint density at radius 2 is 1.74 bits per heavy atom. The van der Waals surface area contributed by atoms with E-state index >= 15 is 0 Å². The summed E-state index contributed by atoms with van der Waals surface area (Å²) in [7, 11) is 4.46. The standard InChI is InChI=1S/C16H18N2O5/c1-21-12-7-11(8-13(22-2)15(12)23-3)16(20)18-9-10-4-5-17-14(19)6-10/h4-8H,9H2,1-3H3,(H,17,19)(H,18,20). The van der Waals surface area contributed by atoms with Gasteiger partial charge in [-0.15, -0.1) is 0 Å². The van der Waals surface area contributed by atoms with E-state index in [1.54, 1.807) is 18.2 Å². The summed E-state index contributed by atoms with van der Waals surface area (Å²) in [4.78, 5) is 26.0. The van der Waals surface area contributed by atoms with Crippen LogP contribution in [0.3, 0.4) is 0 Å². The van der Waals surface area contributed by atoms with E-state index in [-0.39, 0.29) is 18.0 Å². The maximum atomic E-state index is 12.3. The van der Waals surface area contributed by atoms with Gasteiger partial charge in [0.05, 0.1) is 21.3 Å². The molecule has 1 aromatic carbocycles. The lowest BCUT2D eigenvalue weighted by Gasteiger charge is -2.14. The van der Waals surface area contributed by atoms with E-state index in [0.29, 0.717) is 28.4 Å². The van der Waals surface area contributed by atoms with Gasteiger partial charge in [0.15, 0.2) is 11.5 Å². The lowest BCUT2D eigenvalue weighted by molar-refractivity contribution is 0.0950. The van der Waals surface area contributed by atoms with Crippen LogP contribution in [0.1, 0.15) is 15.9 Å². The number of nitrogens with one attached hydrogen (secondary N) is 2. The molecule has 2 N–H and O–H groups in total. The van der Waals surface area contributed by atoms with Crippen molar-refractivity contribution < 1.29 is 19.0 Å². The average molecular weight is 318 g/mol. The van der Waals surface area contributed by atoms with Gasteiger partial charge in [0, 0.05) is 24.4 Å². The van der Waals surface area contributed by atoms with Gasteiger partial charge in [0.2, 0.25) is 11.3 Å². The third kappa shape index (κ3) is 3.82. The number of carbonyl (C=O) groups excluding carboxylic acids is 1. The molecule has 122 valence electrons. The van der Waals surface area contributed by atoms with Gasteiger partial charge in [-0.05, 0) is 23.8 Å². The van der Waals surface area contributed by atoms with Crippen LogP contribution in [0, 0.1) is 0 Å². The van der Waals surface area contributed by atoms with E-state index < -0.39 is 0 Å². The van der Waals surface area contributed by atoms with E-state index in [2.05, 4.69) is 10.3 Å². The highest BCUT2D eigenvalue weighted by molar-refractivity contribution is 5.95. The number of methoxy groups -OCH3 is 3. The number of hydrogen-bond donors (Lipinski definition) is 2. The predicted octanol–water partition coefficient (Wildman–Crippen LogP) is 1.33. The molecule has 0 radical (unpaired) electrons. The lowest BCUT2D eigenvalue weighted by atomic mass is 10.1. The van der Waals surface area contributed by atoms with Gasteiger partial charge in [-0.1, -0.05) is 0 Å². The summed E-state index contributed by atoms with van der Waals surface area (Å²) in [6.07, 6.45) is 1.53. The summed E-state index contributed by atoms with van der Waals surface area (Å²) in [6, 6.07) is 6.27. The van der Waals surface area contributed by atoms with Gasteiger partial charge in [-0.2, -0.15) is 0 Å². The molecule has 1 aromatic heterocycles. The molecular formula is C16H18N2O5. The van der Waals surface area contributed by atoms with Crippen molar-refractivity contribution in [3.63, 3.8) is 0 Å². The Labute approximate surface area is 133 Å². The second-order valence-electron chi connectivity index (χ2n) is 4.66. The van der Waals surface area contributed by atoms with E-state index in [1.165, 1.54) is 33.6 Å². The Kier molecular flexibility index (Phi) is 5.24. The first kappa shape index (κ1) is 16.4. The monoisotopic (exact) mass is 318 g/mol. The smallest absolute Gasteiger partial charge is 0.251 e. The van der Waals surface area contributed by atoms with Crippen LogP contribution in [0.15, 0.2) is 35.3 Å². The Balaban J connectivity index is 2.20. The maximum Gasteiger partial charge on any atom is 0.251 e. The maximum absolute atomic E-state index is 12.3. The molecule has 23 heavy (non-hydrogen) atoms. The number of H-pyrrole nitrogens is 1. The molecule has 0 spiro atoms. The van der Waals surface area contributed by atoms with E-state index in [4.69, 9.17) is 14.2 Å². The first-order valence-corrected chi connectivity index (χ1v) is 6.85. The molecule has 0 unspecified atom stereocenters. The second kappa shape index (κ2) is 7.35. The minimum atomic E-state index is -0.315. The molecule has 0 saturated heterocycles.